The van der Waals surface area contributed by atoms with Crippen molar-refractivity contribution in [1.29, 1.82) is 0 Å². The summed E-state index contributed by atoms with van der Waals surface area (Å²) in [5.41, 5.74) is 0.977. The molecule has 0 radical (unpaired) electrons. The van der Waals surface area contributed by atoms with Crippen LogP contribution in [0.2, 0.25) is 0 Å². The number of amides is 2. The fourth-order valence-electron chi connectivity index (χ4n) is 3.33. The van der Waals surface area contributed by atoms with Crippen molar-refractivity contribution in [3.05, 3.63) is 53.6 Å². The Labute approximate surface area is 164 Å². The van der Waals surface area contributed by atoms with Crippen molar-refractivity contribution in [2.45, 2.75) is 0 Å². The molecule has 1 aliphatic rings. The number of rotatable bonds is 5. The minimum absolute atomic E-state index is 0.0940. The van der Waals surface area contributed by atoms with Gasteiger partial charge in [-0.2, -0.15) is 0 Å². The maximum Gasteiger partial charge on any atom is 0.257 e. The monoisotopic (exact) mass is 384 g/mol. The van der Waals surface area contributed by atoms with Gasteiger partial charge in [-0.15, -0.1) is 0 Å². The molecule has 2 aromatic carbocycles. The molecule has 0 saturated carbocycles. The van der Waals surface area contributed by atoms with E-state index in [1.807, 2.05) is 12.1 Å². The molecule has 28 heavy (non-hydrogen) atoms. The molecule has 1 fully saturated rings. The number of benzene rings is 2. The van der Waals surface area contributed by atoms with Crippen molar-refractivity contribution in [2.75, 3.05) is 47.5 Å². The van der Waals surface area contributed by atoms with Crippen molar-refractivity contribution < 1.29 is 23.8 Å². The topological polar surface area (TPSA) is 68.3 Å². The summed E-state index contributed by atoms with van der Waals surface area (Å²) in [6.07, 6.45) is 0. The fourth-order valence-corrected chi connectivity index (χ4v) is 3.33. The van der Waals surface area contributed by atoms with Gasteiger partial charge in [0.25, 0.3) is 11.8 Å². The van der Waals surface area contributed by atoms with Gasteiger partial charge in [-0.05, 0) is 24.3 Å². The zero-order chi connectivity index (χ0) is 20.1. The Balaban J connectivity index is 1.70. The maximum absolute atomic E-state index is 13.0. The van der Waals surface area contributed by atoms with Gasteiger partial charge in [0.15, 0.2) is 11.5 Å². The summed E-state index contributed by atoms with van der Waals surface area (Å²) < 4.78 is 15.9. The minimum atomic E-state index is -0.139. The number of carbonyl (C=O) groups is 2. The van der Waals surface area contributed by atoms with Gasteiger partial charge in [-0.25, -0.2) is 0 Å². The van der Waals surface area contributed by atoms with E-state index in [2.05, 4.69) is 0 Å². The molecular weight excluding hydrogens is 360 g/mol. The van der Waals surface area contributed by atoms with E-state index in [1.54, 1.807) is 47.2 Å². The molecule has 2 aromatic rings. The fraction of sp³-hybridized carbons (Fsp3) is 0.333. The highest BCUT2D eigenvalue weighted by molar-refractivity contribution is 5.99. The summed E-state index contributed by atoms with van der Waals surface area (Å²) in [6.45, 7) is 1.80. The molecule has 0 atom stereocenters. The van der Waals surface area contributed by atoms with Gasteiger partial charge in [-0.3, -0.25) is 9.59 Å². The predicted octanol–water partition coefficient (Wildman–Crippen LogP) is 2.31. The first-order valence-corrected chi connectivity index (χ1v) is 9.03. The second-order valence-electron chi connectivity index (χ2n) is 6.33. The molecule has 0 spiro atoms. The molecule has 0 aliphatic carbocycles. The maximum atomic E-state index is 13.0. The number of carbonyl (C=O) groups excluding carboxylic acids is 2. The molecule has 0 bridgehead atoms. The van der Waals surface area contributed by atoms with E-state index in [9.17, 15) is 9.59 Å². The van der Waals surface area contributed by atoms with Crippen LogP contribution in [0.3, 0.4) is 0 Å². The zero-order valence-corrected chi connectivity index (χ0v) is 16.3. The number of piperazine rings is 1. The van der Waals surface area contributed by atoms with Crippen LogP contribution >= 0.6 is 0 Å². The SMILES string of the molecule is COc1ccccc1C(=O)N1CCN(C(=O)c2cccc(OC)c2OC)CC1. The molecule has 1 saturated heterocycles. The average Bonchev–Trinajstić information content (AvgIpc) is 2.77. The van der Waals surface area contributed by atoms with Crippen LogP contribution < -0.4 is 14.2 Å². The lowest BCUT2D eigenvalue weighted by atomic mass is 10.1. The Kier molecular flexibility index (Phi) is 6.03. The molecular formula is C21H24N2O5. The highest BCUT2D eigenvalue weighted by Crippen LogP contribution is 2.31. The van der Waals surface area contributed by atoms with E-state index in [0.29, 0.717) is 54.6 Å². The Morgan fingerprint density at radius 2 is 1.18 bits per heavy atom. The number of nitrogens with zero attached hydrogens (tertiary/aromatic N) is 2. The van der Waals surface area contributed by atoms with E-state index < -0.39 is 0 Å². The van der Waals surface area contributed by atoms with Crippen molar-refractivity contribution in [1.82, 2.24) is 9.80 Å². The van der Waals surface area contributed by atoms with Crippen molar-refractivity contribution in [3.8, 4) is 17.2 Å². The van der Waals surface area contributed by atoms with Gasteiger partial charge >= 0.3 is 0 Å². The van der Waals surface area contributed by atoms with Crippen LogP contribution in [-0.4, -0.2) is 69.1 Å². The first kappa shape index (κ1) is 19.5. The summed E-state index contributed by atoms with van der Waals surface area (Å²) in [5, 5.41) is 0. The predicted molar refractivity (Wildman–Crippen MR) is 104 cm³/mol. The lowest BCUT2D eigenvalue weighted by molar-refractivity contribution is 0.0531. The van der Waals surface area contributed by atoms with E-state index >= 15 is 0 Å². The van der Waals surface area contributed by atoms with Gasteiger partial charge in [0.2, 0.25) is 0 Å². The summed E-state index contributed by atoms with van der Waals surface area (Å²) in [4.78, 5) is 29.2. The molecule has 3 rings (SSSR count). The molecule has 0 N–H and O–H groups in total. The number of hydrogen-bond acceptors (Lipinski definition) is 5. The molecule has 0 aromatic heterocycles. The molecule has 0 unspecified atom stereocenters. The largest absolute Gasteiger partial charge is 0.496 e. The Morgan fingerprint density at radius 1 is 0.679 bits per heavy atom. The van der Waals surface area contributed by atoms with Crippen LogP contribution in [0.4, 0.5) is 0 Å². The minimum Gasteiger partial charge on any atom is -0.496 e. The second kappa shape index (κ2) is 8.65. The van der Waals surface area contributed by atoms with E-state index in [4.69, 9.17) is 14.2 Å². The smallest absolute Gasteiger partial charge is 0.257 e. The number of methoxy groups -OCH3 is 3. The van der Waals surface area contributed by atoms with Gasteiger partial charge < -0.3 is 24.0 Å². The van der Waals surface area contributed by atoms with E-state index in [1.165, 1.54) is 14.2 Å². The number of ether oxygens (including phenoxy) is 3. The molecule has 1 heterocycles. The van der Waals surface area contributed by atoms with Gasteiger partial charge in [0.1, 0.15) is 5.75 Å². The lowest BCUT2D eigenvalue weighted by Crippen LogP contribution is -2.50. The molecule has 2 amide bonds. The Hall–Kier alpha value is -3.22. The summed E-state index contributed by atoms with van der Waals surface area (Å²) in [6, 6.07) is 12.4. The normalized spacial score (nSPS) is 13.8. The van der Waals surface area contributed by atoms with Crippen molar-refractivity contribution >= 4 is 11.8 Å². The molecule has 7 nitrogen and oxygen atoms in total. The van der Waals surface area contributed by atoms with Crippen LogP contribution in [0.5, 0.6) is 17.2 Å². The molecule has 7 heteroatoms. The molecule has 148 valence electrons. The highest BCUT2D eigenvalue weighted by atomic mass is 16.5. The van der Waals surface area contributed by atoms with Crippen molar-refractivity contribution in [3.63, 3.8) is 0 Å². The summed E-state index contributed by atoms with van der Waals surface area (Å²) in [7, 11) is 4.59. The van der Waals surface area contributed by atoms with Crippen LogP contribution in [-0.2, 0) is 0 Å². The Bertz CT molecular complexity index is 860. The lowest BCUT2D eigenvalue weighted by Gasteiger charge is -2.35. The van der Waals surface area contributed by atoms with Gasteiger partial charge in [0.05, 0.1) is 32.5 Å². The van der Waals surface area contributed by atoms with Crippen molar-refractivity contribution in [2.24, 2.45) is 0 Å². The number of hydrogen-bond donors (Lipinski definition) is 0. The number of para-hydroxylation sites is 2. The van der Waals surface area contributed by atoms with E-state index in [-0.39, 0.29) is 11.8 Å². The third-order valence-corrected chi connectivity index (χ3v) is 4.82. The standard InChI is InChI=1S/C21H24N2O5/c1-26-17-9-5-4-7-15(17)20(24)22-11-13-23(14-12-22)21(25)16-8-6-10-18(27-2)19(16)28-3/h4-10H,11-14H2,1-3H3. The van der Waals surface area contributed by atoms with Crippen LogP contribution in [0.1, 0.15) is 20.7 Å². The van der Waals surface area contributed by atoms with Crippen LogP contribution in [0.25, 0.3) is 0 Å². The van der Waals surface area contributed by atoms with Gasteiger partial charge in [0, 0.05) is 26.2 Å². The third-order valence-electron chi connectivity index (χ3n) is 4.82. The highest BCUT2D eigenvalue weighted by Gasteiger charge is 2.28. The van der Waals surface area contributed by atoms with Crippen LogP contribution in [0, 0.1) is 0 Å². The van der Waals surface area contributed by atoms with Crippen LogP contribution in [0.15, 0.2) is 42.5 Å². The third kappa shape index (κ3) is 3.74. The average molecular weight is 384 g/mol. The summed E-state index contributed by atoms with van der Waals surface area (Å²) in [5.74, 6) is 1.25. The second-order valence-corrected chi connectivity index (χ2v) is 6.33. The van der Waals surface area contributed by atoms with E-state index in [0.717, 1.165) is 0 Å². The molecule has 1 aliphatic heterocycles. The van der Waals surface area contributed by atoms with Gasteiger partial charge in [-0.1, -0.05) is 18.2 Å². The summed E-state index contributed by atoms with van der Waals surface area (Å²) >= 11 is 0. The Morgan fingerprint density at radius 3 is 1.75 bits per heavy atom. The first-order chi connectivity index (χ1) is 13.6. The quantitative estimate of drug-likeness (QED) is 0.791. The first-order valence-electron chi connectivity index (χ1n) is 9.03. The zero-order valence-electron chi connectivity index (χ0n) is 16.3.